The number of carbonyl (C=O) groups is 2. The number of ether oxygens (including phenoxy) is 1. The standard InChI is InChI=1S/C21H26N2O3/c1-14(2)13-22-21(25)17-7-10-19(15(3)11-17)23-20(24)12-16-5-8-18(26-4)9-6-16/h5-11,14H,12-13H2,1-4H3,(H,22,25)(H,23,24). The van der Waals surface area contributed by atoms with E-state index in [9.17, 15) is 9.59 Å². The van der Waals surface area contributed by atoms with Crippen LogP contribution in [-0.2, 0) is 11.2 Å². The lowest BCUT2D eigenvalue weighted by Crippen LogP contribution is -2.27. The van der Waals surface area contributed by atoms with Gasteiger partial charge in [0, 0.05) is 17.8 Å². The molecule has 5 nitrogen and oxygen atoms in total. The summed E-state index contributed by atoms with van der Waals surface area (Å²) in [5.74, 6) is 0.959. The van der Waals surface area contributed by atoms with Gasteiger partial charge in [0.05, 0.1) is 13.5 Å². The smallest absolute Gasteiger partial charge is 0.251 e. The molecule has 0 radical (unpaired) electrons. The van der Waals surface area contributed by atoms with Crippen molar-refractivity contribution in [2.45, 2.75) is 27.2 Å². The van der Waals surface area contributed by atoms with Crippen molar-refractivity contribution in [1.82, 2.24) is 5.32 Å². The van der Waals surface area contributed by atoms with Gasteiger partial charge in [-0.3, -0.25) is 9.59 Å². The van der Waals surface area contributed by atoms with E-state index in [1.54, 1.807) is 25.3 Å². The second-order valence-corrected chi connectivity index (χ2v) is 6.71. The number of amides is 2. The number of hydrogen-bond acceptors (Lipinski definition) is 3. The van der Waals surface area contributed by atoms with Crippen molar-refractivity contribution in [2.24, 2.45) is 5.92 Å². The third-order valence-electron chi connectivity index (χ3n) is 3.96. The Bertz CT molecular complexity index is 767. The molecule has 0 aliphatic rings. The van der Waals surface area contributed by atoms with Crippen molar-refractivity contribution >= 4 is 17.5 Å². The minimum atomic E-state index is -0.102. The molecule has 0 aliphatic heterocycles. The first-order chi connectivity index (χ1) is 12.4. The summed E-state index contributed by atoms with van der Waals surface area (Å²) >= 11 is 0. The Morgan fingerprint density at radius 2 is 1.77 bits per heavy atom. The van der Waals surface area contributed by atoms with Crippen LogP contribution in [0.1, 0.15) is 35.3 Å². The lowest BCUT2D eigenvalue weighted by molar-refractivity contribution is -0.115. The Labute approximate surface area is 154 Å². The fourth-order valence-electron chi connectivity index (χ4n) is 2.47. The maximum Gasteiger partial charge on any atom is 0.251 e. The summed E-state index contributed by atoms with van der Waals surface area (Å²) in [6.07, 6.45) is 0.278. The Morgan fingerprint density at radius 1 is 1.08 bits per heavy atom. The summed E-state index contributed by atoms with van der Waals surface area (Å²) in [4.78, 5) is 24.4. The molecule has 0 heterocycles. The summed E-state index contributed by atoms with van der Waals surface area (Å²) in [5, 5.41) is 5.79. The number of methoxy groups -OCH3 is 1. The van der Waals surface area contributed by atoms with E-state index < -0.39 is 0 Å². The van der Waals surface area contributed by atoms with Crippen LogP contribution in [0.2, 0.25) is 0 Å². The average molecular weight is 354 g/mol. The second-order valence-electron chi connectivity index (χ2n) is 6.71. The molecular formula is C21H26N2O3. The summed E-state index contributed by atoms with van der Waals surface area (Å²) in [6, 6.07) is 12.7. The number of hydrogen-bond donors (Lipinski definition) is 2. The molecule has 0 bridgehead atoms. The summed E-state index contributed by atoms with van der Waals surface area (Å²) in [6.45, 7) is 6.61. The molecule has 0 saturated heterocycles. The largest absolute Gasteiger partial charge is 0.497 e. The zero-order valence-electron chi connectivity index (χ0n) is 15.8. The highest BCUT2D eigenvalue weighted by atomic mass is 16.5. The van der Waals surface area contributed by atoms with Crippen molar-refractivity contribution in [3.8, 4) is 5.75 Å². The molecule has 26 heavy (non-hydrogen) atoms. The third kappa shape index (κ3) is 5.62. The highest BCUT2D eigenvalue weighted by Gasteiger charge is 2.10. The van der Waals surface area contributed by atoms with E-state index in [-0.39, 0.29) is 18.2 Å². The Hall–Kier alpha value is -2.82. The molecule has 0 saturated carbocycles. The third-order valence-corrected chi connectivity index (χ3v) is 3.96. The van der Waals surface area contributed by atoms with Gasteiger partial charge in [-0.2, -0.15) is 0 Å². The summed E-state index contributed by atoms with van der Waals surface area (Å²) in [7, 11) is 1.61. The van der Waals surface area contributed by atoms with Crippen molar-refractivity contribution < 1.29 is 14.3 Å². The van der Waals surface area contributed by atoms with E-state index in [4.69, 9.17) is 4.74 Å². The van der Waals surface area contributed by atoms with E-state index in [1.807, 2.05) is 45.0 Å². The quantitative estimate of drug-likeness (QED) is 0.799. The van der Waals surface area contributed by atoms with E-state index in [0.29, 0.717) is 23.7 Å². The summed E-state index contributed by atoms with van der Waals surface area (Å²) in [5.41, 5.74) is 3.07. The van der Waals surface area contributed by atoms with Crippen LogP contribution in [0.4, 0.5) is 5.69 Å². The van der Waals surface area contributed by atoms with Crippen LogP contribution in [0.25, 0.3) is 0 Å². The minimum absolute atomic E-state index is 0.0992. The first kappa shape index (κ1) is 19.5. The summed E-state index contributed by atoms with van der Waals surface area (Å²) < 4.78 is 5.11. The molecule has 2 N–H and O–H groups in total. The first-order valence-corrected chi connectivity index (χ1v) is 8.70. The van der Waals surface area contributed by atoms with Crippen LogP contribution in [-0.4, -0.2) is 25.5 Å². The lowest BCUT2D eigenvalue weighted by atomic mass is 10.1. The number of aryl methyl sites for hydroxylation is 1. The van der Waals surface area contributed by atoms with E-state index in [1.165, 1.54) is 0 Å². The van der Waals surface area contributed by atoms with Crippen molar-refractivity contribution in [3.05, 3.63) is 59.2 Å². The van der Waals surface area contributed by atoms with Gasteiger partial charge in [-0.1, -0.05) is 26.0 Å². The number of benzene rings is 2. The van der Waals surface area contributed by atoms with Crippen LogP contribution >= 0.6 is 0 Å². The van der Waals surface area contributed by atoms with Crippen LogP contribution in [0.5, 0.6) is 5.75 Å². The molecule has 2 aromatic rings. The van der Waals surface area contributed by atoms with Crippen molar-refractivity contribution in [1.29, 1.82) is 0 Å². The average Bonchev–Trinajstić information content (AvgIpc) is 2.62. The van der Waals surface area contributed by atoms with E-state index in [2.05, 4.69) is 10.6 Å². The molecule has 0 spiro atoms. The predicted molar refractivity (Wildman–Crippen MR) is 104 cm³/mol. The molecule has 0 atom stereocenters. The first-order valence-electron chi connectivity index (χ1n) is 8.70. The number of anilines is 1. The highest BCUT2D eigenvalue weighted by molar-refractivity contribution is 5.97. The Morgan fingerprint density at radius 3 is 2.35 bits per heavy atom. The van der Waals surface area contributed by atoms with Gasteiger partial charge >= 0.3 is 0 Å². The van der Waals surface area contributed by atoms with E-state index in [0.717, 1.165) is 16.9 Å². The SMILES string of the molecule is COc1ccc(CC(=O)Nc2ccc(C(=O)NCC(C)C)cc2C)cc1. The van der Waals surface area contributed by atoms with Gasteiger partial charge in [0.1, 0.15) is 5.75 Å². The molecule has 2 amide bonds. The number of rotatable bonds is 7. The molecule has 0 aromatic heterocycles. The predicted octanol–water partition coefficient (Wildman–Crippen LogP) is 3.57. The van der Waals surface area contributed by atoms with Gasteiger partial charge in [-0.25, -0.2) is 0 Å². The second kappa shape index (κ2) is 9.04. The number of nitrogens with one attached hydrogen (secondary N) is 2. The van der Waals surface area contributed by atoms with Gasteiger partial charge in [0.15, 0.2) is 0 Å². The number of carbonyl (C=O) groups excluding carboxylic acids is 2. The van der Waals surface area contributed by atoms with Crippen LogP contribution in [0.15, 0.2) is 42.5 Å². The topological polar surface area (TPSA) is 67.4 Å². The lowest BCUT2D eigenvalue weighted by Gasteiger charge is -2.12. The molecule has 0 unspecified atom stereocenters. The van der Waals surface area contributed by atoms with Crippen molar-refractivity contribution in [3.63, 3.8) is 0 Å². The molecular weight excluding hydrogens is 328 g/mol. The highest BCUT2D eigenvalue weighted by Crippen LogP contribution is 2.18. The van der Waals surface area contributed by atoms with Gasteiger partial charge in [-0.15, -0.1) is 0 Å². The Balaban J connectivity index is 1.98. The van der Waals surface area contributed by atoms with E-state index >= 15 is 0 Å². The van der Waals surface area contributed by atoms with Gasteiger partial charge in [0.2, 0.25) is 5.91 Å². The molecule has 2 rings (SSSR count). The normalized spacial score (nSPS) is 10.5. The fourth-order valence-corrected chi connectivity index (χ4v) is 2.47. The zero-order chi connectivity index (χ0) is 19.1. The monoisotopic (exact) mass is 354 g/mol. The molecule has 138 valence electrons. The molecule has 2 aromatic carbocycles. The van der Waals surface area contributed by atoms with Crippen LogP contribution in [0, 0.1) is 12.8 Å². The zero-order valence-corrected chi connectivity index (χ0v) is 15.8. The fraction of sp³-hybridized carbons (Fsp3) is 0.333. The maximum absolute atomic E-state index is 12.3. The molecule has 0 aliphatic carbocycles. The van der Waals surface area contributed by atoms with Gasteiger partial charge in [-0.05, 0) is 54.3 Å². The van der Waals surface area contributed by atoms with Crippen LogP contribution < -0.4 is 15.4 Å². The van der Waals surface area contributed by atoms with Gasteiger partial charge < -0.3 is 15.4 Å². The van der Waals surface area contributed by atoms with Crippen molar-refractivity contribution in [2.75, 3.05) is 19.0 Å². The minimum Gasteiger partial charge on any atom is -0.497 e. The molecule has 0 fully saturated rings. The molecule has 5 heteroatoms. The van der Waals surface area contributed by atoms with Crippen LogP contribution in [0.3, 0.4) is 0 Å². The van der Waals surface area contributed by atoms with Gasteiger partial charge in [0.25, 0.3) is 5.91 Å². The maximum atomic E-state index is 12.3. The Kier molecular flexibility index (Phi) is 6.78.